The highest BCUT2D eigenvalue weighted by Crippen LogP contribution is 2.11. The quantitative estimate of drug-likeness (QED) is 0.397. The first-order valence-electron chi connectivity index (χ1n) is 9.76. The van der Waals surface area contributed by atoms with Gasteiger partial charge in [-0.2, -0.15) is 0 Å². The predicted octanol–water partition coefficient (Wildman–Crippen LogP) is 3.13. The first-order chi connectivity index (χ1) is 11.6. The second-order valence-corrected chi connectivity index (χ2v) is 6.61. The largest absolute Gasteiger partial charge is 0.395 e. The number of nitrogens with zero attached hydrogens (tertiary/aromatic N) is 1. The molecule has 0 aliphatic heterocycles. The Balaban J connectivity index is 3.67. The van der Waals surface area contributed by atoms with Crippen LogP contribution in [-0.2, 0) is 9.53 Å². The van der Waals surface area contributed by atoms with Gasteiger partial charge in [0.15, 0.2) is 0 Å². The Hall–Kier alpha value is -0.650. The van der Waals surface area contributed by atoms with E-state index in [2.05, 4.69) is 6.92 Å². The number of aliphatic hydroxyl groups excluding tert-OH is 2. The summed E-state index contributed by atoms with van der Waals surface area (Å²) in [5.41, 5.74) is 0. The number of amides is 1. The zero-order chi connectivity index (χ0) is 18.0. The van der Waals surface area contributed by atoms with Crippen molar-refractivity contribution in [1.29, 1.82) is 0 Å². The minimum atomic E-state index is -0.492. The van der Waals surface area contributed by atoms with Crippen LogP contribution < -0.4 is 0 Å². The second kappa shape index (κ2) is 17.2. The highest BCUT2D eigenvalue weighted by Gasteiger charge is 2.12. The SMILES string of the molecule is CCCCCCCCCCCC(=O)N(CCO)CCOCC(C)O. The molecule has 0 spiro atoms. The molecule has 5 heteroatoms. The highest BCUT2D eigenvalue weighted by atomic mass is 16.5. The number of rotatable bonds is 17. The zero-order valence-electron chi connectivity index (χ0n) is 15.8. The molecule has 0 fully saturated rings. The third kappa shape index (κ3) is 14.9. The fraction of sp³-hybridized carbons (Fsp3) is 0.947. The number of hydrogen-bond acceptors (Lipinski definition) is 4. The van der Waals surface area contributed by atoms with Gasteiger partial charge < -0.3 is 19.8 Å². The lowest BCUT2D eigenvalue weighted by Gasteiger charge is -2.22. The maximum atomic E-state index is 12.2. The molecular weight excluding hydrogens is 306 g/mol. The van der Waals surface area contributed by atoms with Crippen LogP contribution in [0.1, 0.15) is 78.1 Å². The van der Waals surface area contributed by atoms with Gasteiger partial charge in [-0.25, -0.2) is 0 Å². The monoisotopic (exact) mass is 345 g/mol. The Morgan fingerprint density at radius 3 is 2.12 bits per heavy atom. The smallest absolute Gasteiger partial charge is 0.222 e. The van der Waals surface area contributed by atoms with Gasteiger partial charge in [-0.3, -0.25) is 4.79 Å². The molecule has 144 valence electrons. The van der Waals surface area contributed by atoms with Crippen molar-refractivity contribution in [2.75, 3.05) is 32.9 Å². The molecule has 0 aromatic rings. The number of hydrogen-bond donors (Lipinski definition) is 2. The van der Waals surface area contributed by atoms with Crippen LogP contribution in [0, 0.1) is 0 Å². The van der Waals surface area contributed by atoms with Crippen LogP contribution in [0.5, 0.6) is 0 Å². The molecule has 0 heterocycles. The van der Waals surface area contributed by atoms with Crippen molar-refractivity contribution in [3.8, 4) is 0 Å². The van der Waals surface area contributed by atoms with Crippen LogP contribution in [-0.4, -0.2) is 60.0 Å². The van der Waals surface area contributed by atoms with Crippen molar-refractivity contribution in [3.05, 3.63) is 0 Å². The van der Waals surface area contributed by atoms with Gasteiger partial charge >= 0.3 is 0 Å². The van der Waals surface area contributed by atoms with Gasteiger partial charge in [0, 0.05) is 19.5 Å². The van der Waals surface area contributed by atoms with Crippen molar-refractivity contribution in [1.82, 2.24) is 4.90 Å². The minimum absolute atomic E-state index is 0.0279. The maximum Gasteiger partial charge on any atom is 0.222 e. The highest BCUT2D eigenvalue weighted by molar-refractivity contribution is 5.76. The lowest BCUT2D eigenvalue weighted by molar-refractivity contribution is -0.132. The van der Waals surface area contributed by atoms with Crippen molar-refractivity contribution in [3.63, 3.8) is 0 Å². The number of carbonyl (C=O) groups excluding carboxylic acids is 1. The maximum absolute atomic E-state index is 12.2. The summed E-state index contributed by atoms with van der Waals surface area (Å²) < 4.78 is 5.29. The van der Waals surface area contributed by atoms with E-state index in [4.69, 9.17) is 14.9 Å². The van der Waals surface area contributed by atoms with E-state index in [-0.39, 0.29) is 19.1 Å². The third-order valence-electron chi connectivity index (χ3n) is 4.08. The van der Waals surface area contributed by atoms with E-state index in [1.54, 1.807) is 11.8 Å². The van der Waals surface area contributed by atoms with Gasteiger partial charge in [0.05, 0.1) is 25.9 Å². The van der Waals surface area contributed by atoms with Gasteiger partial charge in [-0.15, -0.1) is 0 Å². The fourth-order valence-corrected chi connectivity index (χ4v) is 2.66. The summed E-state index contributed by atoms with van der Waals surface area (Å²) in [6.07, 6.45) is 11.2. The van der Waals surface area contributed by atoms with E-state index in [1.807, 2.05) is 0 Å². The summed E-state index contributed by atoms with van der Waals surface area (Å²) in [7, 11) is 0. The molecule has 1 atom stereocenters. The Morgan fingerprint density at radius 1 is 1.00 bits per heavy atom. The van der Waals surface area contributed by atoms with Gasteiger partial charge in [-0.1, -0.05) is 58.3 Å². The molecule has 0 aromatic carbocycles. The van der Waals surface area contributed by atoms with Crippen LogP contribution in [0.25, 0.3) is 0 Å². The molecule has 0 bridgehead atoms. The molecule has 5 nitrogen and oxygen atoms in total. The number of unbranched alkanes of at least 4 members (excludes halogenated alkanes) is 8. The number of carbonyl (C=O) groups is 1. The van der Waals surface area contributed by atoms with Crippen molar-refractivity contribution in [2.45, 2.75) is 84.2 Å². The first-order valence-corrected chi connectivity index (χ1v) is 9.76. The molecule has 24 heavy (non-hydrogen) atoms. The normalized spacial score (nSPS) is 12.3. The van der Waals surface area contributed by atoms with Gasteiger partial charge in [0.2, 0.25) is 5.91 Å². The van der Waals surface area contributed by atoms with Crippen LogP contribution in [0.3, 0.4) is 0 Å². The van der Waals surface area contributed by atoms with Crippen LogP contribution in [0.2, 0.25) is 0 Å². The zero-order valence-corrected chi connectivity index (χ0v) is 15.8. The Bertz CT molecular complexity index is 285. The Labute approximate surface area is 148 Å². The number of aliphatic hydroxyl groups is 2. The average Bonchev–Trinajstić information content (AvgIpc) is 2.55. The molecule has 2 N–H and O–H groups in total. The van der Waals surface area contributed by atoms with E-state index >= 15 is 0 Å². The van der Waals surface area contributed by atoms with Crippen molar-refractivity contribution in [2.24, 2.45) is 0 Å². The van der Waals surface area contributed by atoms with Crippen molar-refractivity contribution >= 4 is 5.91 Å². The van der Waals surface area contributed by atoms with Crippen LogP contribution >= 0.6 is 0 Å². The lowest BCUT2D eigenvalue weighted by atomic mass is 10.1. The van der Waals surface area contributed by atoms with Gasteiger partial charge in [0.1, 0.15) is 0 Å². The molecule has 0 rings (SSSR count). The van der Waals surface area contributed by atoms with E-state index in [9.17, 15) is 4.79 Å². The molecule has 0 aromatic heterocycles. The Kier molecular flexibility index (Phi) is 16.7. The predicted molar refractivity (Wildman–Crippen MR) is 98.0 cm³/mol. The van der Waals surface area contributed by atoms with Crippen LogP contribution in [0.15, 0.2) is 0 Å². The fourth-order valence-electron chi connectivity index (χ4n) is 2.66. The molecule has 0 aliphatic carbocycles. The lowest BCUT2D eigenvalue weighted by Crippen LogP contribution is -2.36. The van der Waals surface area contributed by atoms with Crippen LogP contribution in [0.4, 0.5) is 0 Å². The molecule has 1 unspecified atom stereocenters. The Morgan fingerprint density at radius 2 is 1.58 bits per heavy atom. The molecule has 1 amide bonds. The summed E-state index contributed by atoms with van der Waals surface area (Å²) in [6.45, 7) is 5.38. The standard InChI is InChI=1S/C19H39NO4/c1-3-4-5-6-7-8-9-10-11-12-19(23)20(13-15-21)14-16-24-17-18(2)22/h18,21-22H,3-17H2,1-2H3. The number of ether oxygens (including phenoxy) is 1. The first kappa shape index (κ1) is 23.4. The molecular formula is C19H39NO4. The summed E-state index contributed by atoms with van der Waals surface area (Å²) in [5.74, 6) is 0.0904. The van der Waals surface area contributed by atoms with Gasteiger partial charge in [-0.05, 0) is 13.3 Å². The molecule has 0 radical (unpaired) electrons. The van der Waals surface area contributed by atoms with E-state index in [0.29, 0.717) is 26.1 Å². The van der Waals surface area contributed by atoms with E-state index in [0.717, 1.165) is 12.8 Å². The summed E-state index contributed by atoms with van der Waals surface area (Å²) in [5, 5.41) is 18.2. The molecule has 0 aliphatic rings. The van der Waals surface area contributed by atoms with E-state index < -0.39 is 6.10 Å². The van der Waals surface area contributed by atoms with E-state index in [1.165, 1.54) is 44.9 Å². The summed E-state index contributed by atoms with van der Waals surface area (Å²) in [4.78, 5) is 13.8. The minimum Gasteiger partial charge on any atom is -0.395 e. The topological polar surface area (TPSA) is 70.0 Å². The summed E-state index contributed by atoms with van der Waals surface area (Å²) in [6, 6.07) is 0. The van der Waals surface area contributed by atoms with Crippen molar-refractivity contribution < 1.29 is 19.7 Å². The van der Waals surface area contributed by atoms with Gasteiger partial charge in [0.25, 0.3) is 0 Å². The second-order valence-electron chi connectivity index (χ2n) is 6.61. The third-order valence-corrected chi connectivity index (χ3v) is 4.08. The average molecular weight is 346 g/mol. The molecule has 0 saturated carbocycles. The summed E-state index contributed by atoms with van der Waals surface area (Å²) >= 11 is 0. The molecule has 0 saturated heterocycles.